The lowest BCUT2D eigenvalue weighted by Gasteiger charge is -2.29. The zero-order valence-electron chi connectivity index (χ0n) is 27.7. The number of hydrogen-bond donors (Lipinski definition) is 0. The Kier molecular flexibility index (Phi) is 7.04. The van der Waals surface area contributed by atoms with Crippen LogP contribution < -0.4 is 4.90 Å². The van der Waals surface area contributed by atoms with Crippen LogP contribution in [-0.4, -0.2) is 0 Å². The summed E-state index contributed by atoms with van der Waals surface area (Å²) in [5.41, 5.74) is 12.1. The van der Waals surface area contributed by atoms with Crippen LogP contribution in [0.5, 0.6) is 0 Å². The van der Waals surface area contributed by atoms with Gasteiger partial charge in [0.1, 0.15) is 11.2 Å². The Morgan fingerprint density at radius 3 is 1.86 bits per heavy atom. The predicted octanol–water partition coefficient (Wildman–Crippen LogP) is 14.4. The summed E-state index contributed by atoms with van der Waals surface area (Å²) in [6.45, 7) is 0. The molecule has 8 aromatic carbocycles. The van der Waals surface area contributed by atoms with Crippen molar-refractivity contribution >= 4 is 70.5 Å². The molecule has 51 heavy (non-hydrogen) atoms. The summed E-state index contributed by atoms with van der Waals surface area (Å²) in [6.07, 6.45) is 0. The lowest BCUT2D eigenvalue weighted by atomic mass is 9.93. The molecule has 0 spiro atoms. The van der Waals surface area contributed by atoms with Crippen molar-refractivity contribution in [3.63, 3.8) is 0 Å². The summed E-state index contributed by atoms with van der Waals surface area (Å²) in [7, 11) is 0. The zero-order valence-corrected chi connectivity index (χ0v) is 28.5. The number of thiophene rings is 1. The largest absolute Gasteiger partial charge is 0.456 e. The molecular formula is C48H31NOS. The van der Waals surface area contributed by atoms with Crippen molar-refractivity contribution in [2.75, 3.05) is 4.90 Å². The third kappa shape index (κ3) is 5.01. The second-order valence-corrected chi connectivity index (χ2v) is 14.0. The van der Waals surface area contributed by atoms with E-state index in [1.54, 1.807) is 0 Å². The summed E-state index contributed by atoms with van der Waals surface area (Å²) in [5.74, 6) is 0. The maximum absolute atomic E-state index is 6.42. The molecule has 0 aliphatic carbocycles. The average molecular weight is 670 g/mol. The van der Waals surface area contributed by atoms with E-state index in [0.717, 1.165) is 44.6 Å². The summed E-state index contributed by atoms with van der Waals surface area (Å²) >= 11 is 1.85. The highest BCUT2D eigenvalue weighted by Crippen LogP contribution is 2.47. The molecule has 10 rings (SSSR count). The van der Waals surface area contributed by atoms with E-state index in [0.29, 0.717) is 0 Å². The van der Waals surface area contributed by atoms with Gasteiger partial charge in [-0.25, -0.2) is 0 Å². The number of hydrogen-bond acceptors (Lipinski definition) is 3. The molecule has 240 valence electrons. The number of rotatable bonds is 6. The first-order valence-electron chi connectivity index (χ1n) is 17.3. The predicted molar refractivity (Wildman–Crippen MR) is 218 cm³/mol. The van der Waals surface area contributed by atoms with Crippen LogP contribution >= 0.6 is 11.3 Å². The molecule has 3 heteroatoms. The Hall–Kier alpha value is -6.42. The highest BCUT2D eigenvalue weighted by atomic mass is 32.1. The molecular weight excluding hydrogens is 639 g/mol. The molecule has 0 amide bonds. The number of anilines is 3. The molecule has 0 aliphatic heterocycles. The van der Waals surface area contributed by atoms with Gasteiger partial charge in [-0.1, -0.05) is 133 Å². The van der Waals surface area contributed by atoms with E-state index < -0.39 is 0 Å². The summed E-state index contributed by atoms with van der Waals surface area (Å²) in [6, 6.07) is 67.4. The standard InChI is InChI=1S/C48H31NOS/c1-2-13-33(14-3-1)36-15-4-5-16-37(36)38-17-6-9-20-42(38)49(43-21-12-23-45-48(43)40-19-7-10-22-44(40)50-45)35-28-25-32(26-29-35)34-27-30-47-41(31-34)39-18-8-11-24-46(39)51-47/h1-31H. The maximum atomic E-state index is 6.42. The van der Waals surface area contributed by atoms with Gasteiger partial charge in [0.25, 0.3) is 0 Å². The second-order valence-electron chi connectivity index (χ2n) is 12.9. The van der Waals surface area contributed by atoms with Crippen molar-refractivity contribution in [3.05, 3.63) is 188 Å². The van der Waals surface area contributed by atoms with E-state index in [1.165, 1.54) is 48.0 Å². The second kappa shape index (κ2) is 12.2. The molecule has 2 heterocycles. The van der Waals surface area contributed by atoms with Gasteiger partial charge in [-0.2, -0.15) is 0 Å². The van der Waals surface area contributed by atoms with Crippen molar-refractivity contribution in [1.29, 1.82) is 0 Å². The van der Waals surface area contributed by atoms with Crippen LogP contribution in [0.3, 0.4) is 0 Å². The van der Waals surface area contributed by atoms with Crippen LogP contribution in [0.15, 0.2) is 192 Å². The van der Waals surface area contributed by atoms with Gasteiger partial charge in [0.05, 0.1) is 16.8 Å². The molecule has 0 unspecified atom stereocenters. The van der Waals surface area contributed by atoms with Crippen LogP contribution in [0.25, 0.3) is 75.5 Å². The van der Waals surface area contributed by atoms with Gasteiger partial charge in [-0.3, -0.25) is 0 Å². The first-order chi connectivity index (χ1) is 25.3. The van der Waals surface area contributed by atoms with E-state index in [-0.39, 0.29) is 0 Å². The highest BCUT2D eigenvalue weighted by molar-refractivity contribution is 7.25. The minimum atomic E-state index is 0.869. The molecule has 2 aromatic heterocycles. The smallest absolute Gasteiger partial charge is 0.137 e. The van der Waals surface area contributed by atoms with Gasteiger partial charge in [0, 0.05) is 36.8 Å². The molecule has 0 aliphatic rings. The quantitative estimate of drug-likeness (QED) is 0.175. The summed E-state index contributed by atoms with van der Waals surface area (Å²) < 4.78 is 9.06. The number of furan rings is 1. The SMILES string of the molecule is c1ccc(-c2ccccc2-c2ccccc2N(c2ccc(-c3ccc4sc5ccccc5c4c3)cc2)c2cccc3oc4ccccc4c23)cc1. The van der Waals surface area contributed by atoms with Crippen LogP contribution in [0.4, 0.5) is 17.1 Å². The third-order valence-electron chi connectivity index (χ3n) is 9.90. The first-order valence-corrected chi connectivity index (χ1v) is 18.1. The molecule has 0 radical (unpaired) electrons. The van der Waals surface area contributed by atoms with Crippen molar-refractivity contribution in [2.45, 2.75) is 0 Å². The minimum Gasteiger partial charge on any atom is -0.456 e. The normalized spacial score (nSPS) is 11.5. The Balaban J connectivity index is 1.18. The van der Waals surface area contributed by atoms with E-state index in [9.17, 15) is 0 Å². The van der Waals surface area contributed by atoms with Gasteiger partial charge in [0.2, 0.25) is 0 Å². The molecule has 0 N–H and O–H groups in total. The van der Waals surface area contributed by atoms with Gasteiger partial charge in [0.15, 0.2) is 0 Å². The van der Waals surface area contributed by atoms with Gasteiger partial charge in [-0.05, 0) is 82.4 Å². The Labute approximate surface area is 300 Å². The van der Waals surface area contributed by atoms with E-state index >= 15 is 0 Å². The Morgan fingerprint density at radius 2 is 1.00 bits per heavy atom. The van der Waals surface area contributed by atoms with Crippen LogP contribution in [0.2, 0.25) is 0 Å². The van der Waals surface area contributed by atoms with Gasteiger partial charge < -0.3 is 9.32 Å². The number of fused-ring (bicyclic) bond motifs is 6. The fourth-order valence-corrected chi connectivity index (χ4v) is 8.63. The van der Waals surface area contributed by atoms with Crippen LogP contribution in [0, 0.1) is 0 Å². The molecule has 0 bridgehead atoms. The van der Waals surface area contributed by atoms with Crippen LogP contribution in [-0.2, 0) is 0 Å². The first kappa shape index (κ1) is 29.5. The van der Waals surface area contributed by atoms with Crippen molar-refractivity contribution in [2.24, 2.45) is 0 Å². The fraction of sp³-hybridized carbons (Fsp3) is 0. The Bertz CT molecular complexity index is 2860. The van der Waals surface area contributed by atoms with E-state index in [1.807, 2.05) is 17.4 Å². The van der Waals surface area contributed by atoms with Gasteiger partial charge >= 0.3 is 0 Å². The number of benzene rings is 8. The van der Waals surface area contributed by atoms with Crippen LogP contribution in [0.1, 0.15) is 0 Å². The lowest BCUT2D eigenvalue weighted by molar-refractivity contribution is 0.669. The molecule has 0 saturated carbocycles. The summed E-state index contributed by atoms with van der Waals surface area (Å²) in [4.78, 5) is 2.40. The highest BCUT2D eigenvalue weighted by Gasteiger charge is 2.23. The third-order valence-corrected chi connectivity index (χ3v) is 11.1. The Morgan fingerprint density at radius 1 is 0.373 bits per heavy atom. The van der Waals surface area contributed by atoms with E-state index in [4.69, 9.17) is 4.42 Å². The summed E-state index contributed by atoms with van der Waals surface area (Å²) in [5, 5.41) is 4.82. The van der Waals surface area contributed by atoms with Gasteiger partial charge in [-0.15, -0.1) is 11.3 Å². The van der Waals surface area contributed by atoms with Crippen molar-refractivity contribution in [1.82, 2.24) is 0 Å². The molecule has 0 fully saturated rings. The van der Waals surface area contributed by atoms with Crippen molar-refractivity contribution in [3.8, 4) is 33.4 Å². The number of nitrogens with zero attached hydrogens (tertiary/aromatic N) is 1. The lowest BCUT2D eigenvalue weighted by Crippen LogP contribution is -2.11. The van der Waals surface area contributed by atoms with Crippen molar-refractivity contribution < 1.29 is 4.42 Å². The topological polar surface area (TPSA) is 16.4 Å². The molecule has 0 saturated heterocycles. The molecule has 10 aromatic rings. The van der Waals surface area contributed by atoms with E-state index in [2.05, 4.69) is 187 Å². The molecule has 2 nitrogen and oxygen atoms in total. The average Bonchev–Trinajstić information content (AvgIpc) is 3.77. The molecule has 0 atom stereocenters. The number of para-hydroxylation sites is 2. The maximum Gasteiger partial charge on any atom is 0.137 e. The minimum absolute atomic E-state index is 0.869. The zero-order chi connectivity index (χ0) is 33.7. The monoisotopic (exact) mass is 669 g/mol. The fourth-order valence-electron chi connectivity index (χ4n) is 7.54.